The van der Waals surface area contributed by atoms with Gasteiger partial charge in [-0.3, -0.25) is 4.99 Å². The Labute approximate surface area is 138 Å². The summed E-state index contributed by atoms with van der Waals surface area (Å²) in [5.41, 5.74) is 2.32. The number of benzene rings is 1. The lowest BCUT2D eigenvalue weighted by Gasteiger charge is -2.16. The van der Waals surface area contributed by atoms with Crippen molar-refractivity contribution >= 4 is 5.96 Å². The summed E-state index contributed by atoms with van der Waals surface area (Å²) in [6.07, 6.45) is 2.88. The summed E-state index contributed by atoms with van der Waals surface area (Å²) in [6.45, 7) is 9.47. The molecule has 0 spiro atoms. The van der Waals surface area contributed by atoms with Crippen molar-refractivity contribution in [2.45, 2.75) is 19.9 Å². The van der Waals surface area contributed by atoms with E-state index in [2.05, 4.69) is 47.3 Å². The summed E-state index contributed by atoms with van der Waals surface area (Å²) in [5, 5.41) is 6.46. The molecule has 1 aliphatic rings. The van der Waals surface area contributed by atoms with Crippen molar-refractivity contribution in [3.63, 3.8) is 0 Å². The predicted octanol–water partition coefficient (Wildman–Crippen LogP) is 2.26. The molecule has 1 aliphatic heterocycles. The molecule has 1 fully saturated rings. The molecule has 0 saturated carbocycles. The van der Waals surface area contributed by atoms with Gasteiger partial charge in [0.15, 0.2) is 5.96 Å². The van der Waals surface area contributed by atoms with E-state index < -0.39 is 0 Å². The van der Waals surface area contributed by atoms with Crippen LogP contribution < -0.4 is 15.4 Å². The highest BCUT2D eigenvalue weighted by atomic mass is 16.5. The van der Waals surface area contributed by atoms with Crippen molar-refractivity contribution in [2.75, 3.05) is 33.4 Å². The van der Waals surface area contributed by atoms with Crippen LogP contribution in [0.5, 0.6) is 5.75 Å². The fourth-order valence-corrected chi connectivity index (χ4v) is 2.43. The van der Waals surface area contributed by atoms with E-state index in [9.17, 15) is 0 Å². The third-order valence-corrected chi connectivity index (χ3v) is 3.80. The maximum Gasteiger partial charge on any atom is 0.191 e. The second-order valence-electron chi connectivity index (χ2n) is 5.75. The predicted molar refractivity (Wildman–Crippen MR) is 94.0 cm³/mol. The van der Waals surface area contributed by atoms with Gasteiger partial charge in [0.05, 0.1) is 13.2 Å². The van der Waals surface area contributed by atoms with Crippen LogP contribution in [0.4, 0.5) is 0 Å². The SMILES string of the molecule is C=CCNC(=NC)NCc1ccc(C)cc1OCC1CCOC1. The molecule has 1 unspecified atom stereocenters. The number of guanidine groups is 1. The van der Waals surface area contributed by atoms with Crippen LogP contribution in [-0.4, -0.2) is 39.4 Å². The van der Waals surface area contributed by atoms with Gasteiger partial charge in [0, 0.05) is 38.2 Å². The summed E-state index contributed by atoms with van der Waals surface area (Å²) >= 11 is 0. The monoisotopic (exact) mass is 317 g/mol. The highest BCUT2D eigenvalue weighted by molar-refractivity contribution is 5.79. The summed E-state index contributed by atoms with van der Waals surface area (Å²) in [7, 11) is 1.76. The molecule has 2 N–H and O–H groups in total. The smallest absolute Gasteiger partial charge is 0.191 e. The number of rotatable bonds is 7. The highest BCUT2D eigenvalue weighted by Crippen LogP contribution is 2.22. The Kier molecular flexibility index (Phi) is 6.94. The summed E-state index contributed by atoms with van der Waals surface area (Å²) < 4.78 is 11.5. The number of hydrogen-bond donors (Lipinski definition) is 2. The van der Waals surface area contributed by atoms with Crippen molar-refractivity contribution in [2.24, 2.45) is 10.9 Å². The minimum Gasteiger partial charge on any atom is -0.493 e. The van der Waals surface area contributed by atoms with Crippen LogP contribution in [0.1, 0.15) is 17.5 Å². The molecule has 2 rings (SSSR count). The van der Waals surface area contributed by atoms with Crippen LogP contribution in [0.2, 0.25) is 0 Å². The Morgan fingerprint density at radius 2 is 2.35 bits per heavy atom. The van der Waals surface area contributed by atoms with Crippen molar-refractivity contribution in [1.82, 2.24) is 10.6 Å². The van der Waals surface area contributed by atoms with Gasteiger partial charge >= 0.3 is 0 Å². The van der Waals surface area contributed by atoms with E-state index in [0.717, 1.165) is 36.9 Å². The second kappa shape index (κ2) is 9.20. The molecule has 1 aromatic carbocycles. The molecular formula is C18H27N3O2. The van der Waals surface area contributed by atoms with Crippen LogP contribution in [0, 0.1) is 12.8 Å². The number of aliphatic imine (C=N–C) groups is 1. The fourth-order valence-electron chi connectivity index (χ4n) is 2.43. The van der Waals surface area contributed by atoms with Crippen LogP contribution in [0.15, 0.2) is 35.8 Å². The Hall–Kier alpha value is -2.01. The number of hydrogen-bond acceptors (Lipinski definition) is 3. The lowest BCUT2D eigenvalue weighted by atomic mass is 10.1. The van der Waals surface area contributed by atoms with Crippen LogP contribution in [0.25, 0.3) is 0 Å². The lowest BCUT2D eigenvalue weighted by Crippen LogP contribution is -2.36. The molecule has 0 bridgehead atoms. The van der Waals surface area contributed by atoms with Gasteiger partial charge < -0.3 is 20.1 Å². The summed E-state index contributed by atoms with van der Waals surface area (Å²) in [4.78, 5) is 4.19. The van der Waals surface area contributed by atoms with Gasteiger partial charge in [-0.15, -0.1) is 6.58 Å². The molecule has 23 heavy (non-hydrogen) atoms. The maximum atomic E-state index is 6.05. The second-order valence-corrected chi connectivity index (χ2v) is 5.75. The minimum absolute atomic E-state index is 0.498. The molecule has 0 radical (unpaired) electrons. The van der Waals surface area contributed by atoms with Gasteiger partial charge in [0.1, 0.15) is 5.75 Å². The normalized spacial score (nSPS) is 17.8. The third kappa shape index (κ3) is 5.60. The average Bonchev–Trinajstić information content (AvgIpc) is 3.08. The van der Waals surface area contributed by atoms with Gasteiger partial charge in [0.25, 0.3) is 0 Å². The van der Waals surface area contributed by atoms with E-state index in [1.807, 2.05) is 0 Å². The minimum atomic E-state index is 0.498. The molecular weight excluding hydrogens is 290 g/mol. The van der Waals surface area contributed by atoms with Crippen LogP contribution >= 0.6 is 0 Å². The quantitative estimate of drug-likeness (QED) is 0.460. The third-order valence-electron chi connectivity index (χ3n) is 3.80. The molecule has 5 heteroatoms. The Morgan fingerprint density at radius 1 is 1.48 bits per heavy atom. The Morgan fingerprint density at radius 3 is 3.04 bits per heavy atom. The molecule has 1 heterocycles. The maximum absolute atomic E-state index is 6.05. The zero-order chi connectivity index (χ0) is 16.5. The lowest BCUT2D eigenvalue weighted by molar-refractivity contribution is 0.166. The molecule has 0 aromatic heterocycles. The number of aryl methyl sites for hydroxylation is 1. The van der Waals surface area contributed by atoms with Gasteiger partial charge in [-0.1, -0.05) is 18.2 Å². The van der Waals surface area contributed by atoms with Gasteiger partial charge in [-0.2, -0.15) is 0 Å². The van der Waals surface area contributed by atoms with Gasteiger partial charge in [0.2, 0.25) is 0 Å². The standard InChI is InChI=1S/C18H27N3O2/c1-4-8-20-18(19-3)21-11-16-6-5-14(2)10-17(16)23-13-15-7-9-22-12-15/h4-6,10,15H,1,7-9,11-13H2,2-3H3,(H2,19,20,21). The number of ether oxygens (including phenoxy) is 2. The molecule has 1 saturated heterocycles. The molecule has 0 amide bonds. The molecule has 126 valence electrons. The average molecular weight is 317 g/mol. The van der Waals surface area contributed by atoms with Gasteiger partial charge in [-0.05, 0) is 25.0 Å². The van der Waals surface area contributed by atoms with E-state index in [-0.39, 0.29) is 0 Å². The number of nitrogens with one attached hydrogen (secondary N) is 2. The van der Waals surface area contributed by atoms with E-state index in [0.29, 0.717) is 25.6 Å². The summed E-state index contributed by atoms with van der Waals surface area (Å²) in [5.74, 6) is 2.18. The van der Waals surface area contributed by atoms with Crippen LogP contribution in [0.3, 0.4) is 0 Å². The molecule has 0 aliphatic carbocycles. The van der Waals surface area contributed by atoms with E-state index in [1.54, 1.807) is 13.1 Å². The Bertz CT molecular complexity index is 537. The molecule has 1 aromatic rings. The first-order valence-electron chi connectivity index (χ1n) is 8.08. The zero-order valence-corrected chi connectivity index (χ0v) is 14.1. The van der Waals surface area contributed by atoms with Crippen molar-refractivity contribution in [3.05, 3.63) is 42.0 Å². The largest absolute Gasteiger partial charge is 0.493 e. The zero-order valence-electron chi connectivity index (χ0n) is 14.1. The van der Waals surface area contributed by atoms with E-state index in [4.69, 9.17) is 9.47 Å². The highest BCUT2D eigenvalue weighted by Gasteiger charge is 2.17. The van der Waals surface area contributed by atoms with Crippen molar-refractivity contribution < 1.29 is 9.47 Å². The van der Waals surface area contributed by atoms with Gasteiger partial charge in [-0.25, -0.2) is 0 Å². The van der Waals surface area contributed by atoms with E-state index in [1.165, 1.54) is 5.56 Å². The molecule has 5 nitrogen and oxygen atoms in total. The van der Waals surface area contributed by atoms with Crippen molar-refractivity contribution in [1.29, 1.82) is 0 Å². The summed E-state index contributed by atoms with van der Waals surface area (Å²) in [6, 6.07) is 6.29. The first-order chi connectivity index (χ1) is 11.2. The van der Waals surface area contributed by atoms with E-state index >= 15 is 0 Å². The number of nitrogens with zero attached hydrogens (tertiary/aromatic N) is 1. The van der Waals surface area contributed by atoms with Crippen LogP contribution in [-0.2, 0) is 11.3 Å². The fraction of sp³-hybridized carbons (Fsp3) is 0.500. The first-order valence-corrected chi connectivity index (χ1v) is 8.08. The first kappa shape index (κ1) is 17.3. The van der Waals surface area contributed by atoms with Crippen molar-refractivity contribution in [3.8, 4) is 5.75 Å². The topological polar surface area (TPSA) is 54.9 Å². The Balaban J connectivity index is 1.95. The molecule has 1 atom stereocenters.